The highest BCUT2D eigenvalue weighted by Crippen LogP contribution is 2.16. The molecule has 118 valence electrons. The van der Waals surface area contributed by atoms with Gasteiger partial charge in [-0.05, 0) is 44.0 Å². The summed E-state index contributed by atoms with van der Waals surface area (Å²) in [7, 11) is 0. The molecule has 0 spiro atoms. The molecule has 6 heteroatoms. The van der Waals surface area contributed by atoms with E-state index in [0.717, 1.165) is 45.0 Å². The van der Waals surface area contributed by atoms with Crippen molar-refractivity contribution in [2.45, 2.75) is 32.2 Å². The van der Waals surface area contributed by atoms with Crippen LogP contribution in [0, 0.1) is 17.1 Å². The summed E-state index contributed by atoms with van der Waals surface area (Å²) in [6.45, 7) is 5.23. The summed E-state index contributed by atoms with van der Waals surface area (Å²) in [5.74, 6) is -0.495. The van der Waals surface area contributed by atoms with Gasteiger partial charge in [-0.2, -0.15) is 5.26 Å². The van der Waals surface area contributed by atoms with Crippen LogP contribution in [0.4, 0.5) is 14.9 Å². The van der Waals surface area contributed by atoms with E-state index in [1.807, 2.05) is 6.07 Å². The first kappa shape index (κ1) is 16.2. The number of amides is 2. The maximum atomic E-state index is 13.1. The molecular weight excluding hydrogens is 283 g/mol. The van der Waals surface area contributed by atoms with E-state index >= 15 is 0 Å². The maximum Gasteiger partial charge on any atom is 0.319 e. The van der Waals surface area contributed by atoms with Crippen LogP contribution in [-0.4, -0.2) is 36.6 Å². The van der Waals surface area contributed by atoms with Crippen LogP contribution in [0.1, 0.15) is 31.7 Å². The van der Waals surface area contributed by atoms with Crippen LogP contribution < -0.4 is 10.6 Å². The normalized spacial score (nSPS) is 16.0. The molecule has 2 amide bonds. The topological polar surface area (TPSA) is 68.2 Å². The minimum Gasteiger partial charge on any atom is -0.335 e. The number of benzene rings is 1. The molecule has 0 radical (unpaired) electrons. The number of hydrogen-bond donors (Lipinski definition) is 2. The SMILES string of the molecule is CCCN1CCC(NC(=O)Nc2ccc(F)cc2C#N)CC1. The predicted octanol–water partition coefficient (Wildman–Crippen LogP) is 2.69. The average molecular weight is 304 g/mol. The van der Waals surface area contributed by atoms with Gasteiger partial charge in [-0.25, -0.2) is 9.18 Å². The van der Waals surface area contributed by atoms with Gasteiger partial charge in [0.2, 0.25) is 0 Å². The van der Waals surface area contributed by atoms with E-state index in [9.17, 15) is 9.18 Å². The van der Waals surface area contributed by atoms with Gasteiger partial charge in [-0.3, -0.25) is 0 Å². The molecule has 0 bridgehead atoms. The largest absolute Gasteiger partial charge is 0.335 e. The lowest BCUT2D eigenvalue weighted by Gasteiger charge is -2.32. The molecule has 22 heavy (non-hydrogen) atoms. The van der Waals surface area contributed by atoms with E-state index in [0.29, 0.717) is 5.69 Å². The van der Waals surface area contributed by atoms with E-state index in [-0.39, 0.29) is 17.6 Å². The summed E-state index contributed by atoms with van der Waals surface area (Å²) in [5.41, 5.74) is 0.442. The van der Waals surface area contributed by atoms with E-state index in [2.05, 4.69) is 22.5 Å². The maximum absolute atomic E-state index is 13.1. The van der Waals surface area contributed by atoms with Crippen LogP contribution in [0.5, 0.6) is 0 Å². The van der Waals surface area contributed by atoms with Crippen LogP contribution >= 0.6 is 0 Å². The van der Waals surface area contributed by atoms with Crippen molar-refractivity contribution in [2.75, 3.05) is 25.0 Å². The van der Waals surface area contributed by atoms with Crippen LogP contribution in [0.2, 0.25) is 0 Å². The third kappa shape index (κ3) is 4.43. The number of rotatable bonds is 4. The Morgan fingerprint density at radius 2 is 2.18 bits per heavy atom. The fourth-order valence-corrected chi connectivity index (χ4v) is 2.68. The van der Waals surface area contributed by atoms with Crippen LogP contribution in [-0.2, 0) is 0 Å². The summed E-state index contributed by atoms with van der Waals surface area (Å²) in [5, 5.41) is 14.5. The second-order valence-electron chi connectivity index (χ2n) is 5.52. The Hall–Kier alpha value is -2.13. The van der Waals surface area contributed by atoms with Gasteiger partial charge in [0, 0.05) is 19.1 Å². The van der Waals surface area contributed by atoms with Crippen molar-refractivity contribution in [1.29, 1.82) is 5.26 Å². The van der Waals surface area contributed by atoms with Gasteiger partial charge >= 0.3 is 6.03 Å². The lowest BCUT2D eigenvalue weighted by Crippen LogP contribution is -2.46. The molecule has 5 nitrogen and oxygen atoms in total. The number of urea groups is 1. The van der Waals surface area contributed by atoms with E-state index in [1.54, 1.807) is 0 Å². The van der Waals surface area contributed by atoms with Gasteiger partial charge in [-0.15, -0.1) is 0 Å². The smallest absolute Gasteiger partial charge is 0.319 e. The monoisotopic (exact) mass is 304 g/mol. The van der Waals surface area contributed by atoms with Gasteiger partial charge in [0.1, 0.15) is 11.9 Å². The minimum atomic E-state index is -0.495. The summed E-state index contributed by atoms with van der Waals surface area (Å²) in [6, 6.07) is 5.40. The molecule has 1 aromatic rings. The summed E-state index contributed by atoms with van der Waals surface area (Å²) >= 11 is 0. The molecule has 0 unspecified atom stereocenters. The number of nitrogens with one attached hydrogen (secondary N) is 2. The number of halogens is 1. The van der Waals surface area contributed by atoms with Crippen molar-refractivity contribution in [3.63, 3.8) is 0 Å². The Balaban J connectivity index is 1.85. The fraction of sp³-hybridized carbons (Fsp3) is 0.500. The fourth-order valence-electron chi connectivity index (χ4n) is 2.68. The van der Waals surface area contributed by atoms with E-state index in [1.165, 1.54) is 12.1 Å². The van der Waals surface area contributed by atoms with Crippen molar-refractivity contribution in [1.82, 2.24) is 10.2 Å². The molecule has 0 aliphatic carbocycles. The molecule has 2 N–H and O–H groups in total. The zero-order valence-electron chi connectivity index (χ0n) is 12.7. The standard InChI is InChI=1S/C16H21FN4O/c1-2-7-21-8-5-14(6-9-21)19-16(22)20-15-4-3-13(17)10-12(15)11-18/h3-4,10,14H,2,5-9H2,1H3,(H2,19,20,22). The highest BCUT2D eigenvalue weighted by atomic mass is 19.1. The number of anilines is 1. The zero-order chi connectivity index (χ0) is 15.9. The highest BCUT2D eigenvalue weighted by molar-refractivity contribution is 5.90. The first-order valence-corrected chi connectivity index (χ1v) is 7.62. The number of likely N-dealkylation sites (tertiary alicyclic amines) is 1. The first-order valence-electron chi connectivity index (χ1n) is 7.62. The molecule has 2 rings (SSSR count). The van der Waals surface area contributed by atoms with Crippen LogP contribution in [0.3, 0.4) is 0 Å². The summed E-state index contributed by atoms with van der Waals surface area (Å²) < 4.78 is 13.1. The molecule has 0 saturated carbocycles. The molecule has 1 heterocycles. The molecule has 1 aliphatic heterocycles. The van der Waals surface area contributed by atoms with Crippen molar-refractivity contribution in [3.8, 4) is 6.07 Å². The predicted molar refractivity (Wildman–Crippen MR) is 83.0 cm³/mol. The van der Waals surface area contributed by atoms with Crippen LogP contribution in [0.15, 0.2) is 18.2 Å². The Labute approximate surface area is 130 Å². The zero-order valence-corrected chi connectivity index (χ0v) is 12.7. The molecule has 1 aliphatic rings. The third-order valence-corrected chi connectivity index (χ3v) is 3.81. The number of hydrogen-bond acceptors (Lipinski definition) is 3. The Kier molecular flexibility index (Phi) is 5.73. The van der Waals surface area contributed by atoms with Crippen LogP contribution in [0.25, 0.3) is 0 Å². The number of carbonyl (C=O) groups is 1. The average Bonchev–Trinajstić information content (AvgIpc) is 2.51. The molecule has 0 aromatic heterocycles. The van der Waals surface area contributed by atoms with Gasteiger partial charge in [0.25, 0.3) is 0 Å². The summed E-state index contributed by atoms with van der Waals surface area (Å²) in [6.07, 6.45) is 2.98. The van der Waals surface area contributed by atoms with Crippen molar-refractivity contribution in [2.24, 2.45) is 0 Å². The lowest BCUT2D eigenvalue weighted by molar-refractivity contribution is 0.196. The first-order chi connectivity index (χ1) is 10.6. The number of carbonyl (C=O) groups excluding carboxylic acids is 1. The number of piperidine rings is 1. The Morgan fingerprint density at radius 3 is 2.82 bits per heavy atom. The van der Waals surface area contributed by atoms with Gasteiger partial charge in [-0.1, -0.05) is 6.92 Å². The third-order valence-electron chi connectivity index (χ3n) is 3.81. The van der Waals surface area contributed by atoms with Crippen molar-refractivity contribution in [3.05, 3.63) is 29.6 Å². The molecule has 1 saturated heterocycles. The second-order valence-corrected chi connectivity index (χ2v) is 5.52. The lowest BCUT2D eigenvalue weighted by atomic mass is 10.1. The minimum absolute atomic E-state index is 0.118. The quantitative estimate of drug-likeness (QED) is 0.898. The number of nitrogens with zero attached hydrogens (tertiary/aromatic N) is 2. The van der Waals surface area contributed by atoms with Gasteiger partial charge in [0.15, 0.2) is 0 Å². The second kappa shape index (κ2) is 7.76. The molecule has 1 fully saturated rings. The Bertz CT molecular complexity index is 562. The van der Waals surface area contributed by atoms with Gasteiger partial charge < -0.3 is 15.5 Å². The molecule has 0 atom stereocenters. The van der Waals surface area contributed by atoms with Gasteiger partial charge in [0.05, 0.1) is 11.3 Å². The van der Waals surface area contributed by atoms with E-state index in [4.69, 9.17) is 5.26 Å². The molecule has 1 aromatic carbocycles. The van der Waals surface area contributed by atoms with E-state index < -0.39 is 5.82 Å². The summed E-state index contributed by atoms with van der Waals surface area (Å²) in [4.78, 5) is 14.4. The van der Waals surface area contributed by atoms with Crippen molar-refractivity contribution >= 4 is 11.7 Å². The van der Waals surface area contributed by atoms with Crippen molar-refractivity contribution < 1.29 is 9.18 Å². The highest BCUT2D eigenvalue weighted by Gasteiger charge is 2.20. The number of nitriles is 1. The Morgan fingerprint density at radius 1 is 1.45 bits per heavy atom. The molecular formula is C16H21FN4O.